The number of alkyl halides is 3. The Hall–Kier alpha value is -3.63. The lowest BCUT2D eigenvalue weighted by Crippen LogP contribution is -2.35. The summed E-state index contributed by atoms with van der Waals surface area (Å²) in [6, 6.07) is 13.5. The average molecular weight is 500 g/mol. The maximum Gasteiger partial charge on any atom is 0.573 e. The van der Waals surface area contributed by atoms with Gasteiger partial charge in [0, 0.05) is 11.9 Å². The summed E-state index contributed by atoms with van der Waals surface area (Å²) in [6.45, 7) is 4.24. The number of ether oxygens (including phenoxy) is 1. The van der Waals surface area contributed by atoms with Crippen LogP contribution in [0, 0.1) is 0 Å². The number of benzene rings is 2. The highest BCUT2D eigenvalue weighted by atomic mass is 32.1. The fraction of sp³-hybridized carbons (Fsp3) is 0.200. The summed E-state index contributed by atoms with van der Waals surface area (Å²) in [6.07, 6.45) is 4.70. The molecule has 3 N–H and O–H groups in total. The van der Waals surface area contributed by atoms with Crippen molar-refractivity contribution in [3.63, 3.8) is 0 Å². The number of hydrogen-bond donors (Lipinski definition) is 3. The number of hydrazone groups is 1. The number of allylic oxidation sites excluding steroid dienone is 2. The van der Waals surface area contributed by atoms with Gasteiger partial charge < -0.3 is 10.1 Å². The second kappa shape index (κ2) is 10.3. The van der Waals surface area contributed by atoms with Crippen molar-refractivity contribution >= 4 is 34.9 Å². The third-order valence-corrected chi connectivity index (χ3v) is 5.50. The monoisotopic (exact) mass is 499 g/mol. The number of nitrogens with one attached hydrogen (secondary N) is 3. The van der Waals surface area contributed by atoms with E-state index in [1.807, 2.05) is 42.6 Å². The van der Waals surface area contributed by atoms with Crippen molar-refractivity contribution in [2.75, 3.05) is 10.3 Å². The van der Waals surface area contributed by atoms with Crippen molar-refractivity contribution in [2.24, 2.45) is 5.10 Å². The van der Waals surface area contributed by atoms with E-state index >= 15 is 0 Å². The molecular formula is C25H24F3N5OS. The zero-order valence-corrected chi connectivity index (χ0v) is 19.8. The molecule has 2 aliphatic rings. The molecule has 1 aliphatic heterocycles. The van der Waals surface area contributed by atoms with Crippen LogP contribution in [0.1, 0.15) is 25.3 Å². The largest absolute Gasteiger partial charge is 0.573 e. The molecule has 2 aromatic rings. The third-order valence-electron chi connectivity index (χ3n) is 5.30. The number of fused-ring (bicyclic) bond motifs is 1. The first-order chi connectivity index (χ1) is 16.7. The second-order valence-corrected chi connectivity index (χ2v) is 8.62. The van der Waals surface area contributed by atoms with Crippen molar-refractivity contribution < 1.29 is 17.9 Å². The van der Waals surface area contributed by atoms with Crippen LogP contribution in [0.3, 0.4) is 0 Å². The number of anilines is 2. The van der Waals surface area contributed by atoms with Crippen LogP contribution in [0.4, 0.5) is 24.5 Å². The lowest BCUT2D eigenvalue weighted by molar-refractivity contribution is -0.274. The minimum Gasteiger partial charge on any atom is -0.406 e. The van der Waals surface area contributed by atoms with E-state index in [2.05, 4.69) is 45.9 Å². The maximum absolute atomic E-state index is 12.4. The van der Waals surface area contributed by atoms with Gasteiger partial charge in [0.25, 0.3) is 0 Å². The Morgan fingerprint density at radius 2 is 1.89 bits per heavy atom. The molecule has 182 valence electrons. The van der Waals surface area contributed by atoms with E-state index in [0.717, 1.165) is 22.4 Å². The molecule has 1 heterocycles. The number of thiocarbonyl (C=S) groups is 1. The van der Waals surface area contributed by atoms with Gasteiger partial charge in [-0.05, 0) is 65.2 Å². The Balaban J connectivity index is 1.33. The summed E-state index contributed by atoms with van der Waals surface area (Å²) in [5, 5.41) is 9.55. The highest BCUT2D eigenvalue weighted by Crippen LogP contribution is 2.29. The van der Waals surface area contributed by atoms with Gasteiger partial charge >= 0.3 is 6.36 Å². The molecule has 1 aliphatic carbocycles. The Labute approximate surface area is 206 Å². The highest BCUT2D eigenvalue weighted by Gasteiger charge is 2.31. The molecule has 0 radical (unpaired) electrons. The first-order valence-electron chi connectivity index (χ1n) is 10.9. The van der Waals surface area contributed by atoms with Gasteiger partial charge in [0.1, 0.15) is 5.75 Å². The van der Waals surface area contributed by atoms with Gasteiger partial charge in [0.15, 0.2) is 5.11 Å². The summed E-state index contributed by atoms with van der Waals surface area (Å²) in [5.74, 6) is 0.0887. The molecule has 0 amide bonds. The van der Waals surface area contributed by atoms with Gasteiger partial charge in [-0.3, -0.25) is 10.4 Å². The lowest BCUT2D eigenvalue weighted by atomic mass is 10.0. The molecule has 1 unspecified atom stereocenters. The molecular weight excluding hydrogens is 475 g/mol. The van der Waals surface area contributed by atoms with Crippen molar-refractivity contribution in [1.29, 1.82) is 0 Å². The van der Waals surface area contributed by atoms with Crippen LogP contribution >= 0.6 is 12.2 Å². The standard InChI is InChI=1S/C25H24F3N5OS/c1-16(2)21-5-3-4-6-22(21)30-24(35)31-29-14-17-7-8-18-15-33(32-23(18)13-17)19-9-11-20(12-10-19)34-25(26,27)28/h3-16,23,32H,1-2H3,(H2,30,31,35)/b29-14+. The second-order valence-electron chi connectivity index (χ2n) is 8.21. The summed E-state index contributed by atoms with van der Waals surface area (Å²) in [4.78, 5) is 0. The first kappa shape index (κ1) is 24.5. The molecule has 10 heteroatoms. The summed E-state index contributed by atoms with van der Waals surface area (Å²) in [5.41, 5.74) is 10.8. The topological polar surface area (TPSA) is 60.9 Å². The van der Waals surface area contributed by atoms with Gasteiger partial charge in [-0.1, -0.05) is 50.3 Å². The van der Waals surface area contributed by atoms with Crippen LogP contribution in [-0.4, -0.2) is 23.7 Å². The van der Waals surface area contributed by atoms with Crippen LogP contribution in [0.25, 0.3) is 0 Å². The predicted molar refractivity (Wildman–Crippen MR) is 136 cm³/mol. The van der Waals surface area contributed by atoms with Crippen molar-refractivity contribution in [2.45, 2.75) is 32.2 Å². The quantitative estimate of drug-likeness (QED) is 0.267. The molecule has 0 saturated carbocycles. The normalized spacial score (nSPS) is 17.3. The number of hydrazine groups is 1. The van der Waals surface area contributed by atoms with Gasteiger partial charge in [-0.2, -0.15) is 5.10 Å². The van der Waals surface area contributed by atoms with Crippen molar-refractivity contribution in [3.8, 4) is 5.75 Å². The van der Waals surface area contributed by atoms with Crippen LogP contribution in [0.2, 0.25) is 0 Å². The van der Waals surface area contributed by atoms with E-state index in [1.165, 1.54) is 12.1 Å². The van der Waals surface area contributed by atoms with E-state index in [4.69, 9.17) is 12.2 Å². The van der Waals surface area contributed by atoms with Gasteiger partial charge in [0.05, 0.1) is 17.9 Å². The zero-order valence-electron chi connectivity index (χ0n) is 19.0. The molecule has 0 aromatic heterocycles. The van der Waals surface area contributed by atoms with E-state index in [1.54, 1.807) is 23.4 Å². The summed E-state index contributed by atoms with van der Waals surface area (Å²) < 4.78 is 41.0. The number of halogens is 3. The minimum absolute atomic E-state index is 0.101. The van der Waals surface area contributed by atoms with Crippen LogP contribution in [0.15, 0.2) is 89.2 Å². The van der Waals surface area contributed by atoms with E-state index < -0.39 is 6.36 Å². The predicted octanol–water partition coefficient (Wildman–Crippen LogP) is 5.75. The Morgan fingerprint density at radius 1 is 1.14 bits per heavy atom. The number of nitrogens with zero attached hydrogens (tertiary/aromatic N) is 2. The Morgan fingerprint density at radius 3 is 2.60 bits per heavy atom. The molecule has 0 fully saturated rings. The molecule has 6 nitrogen and oxygen atoms in total. The van der Waals surface area contributed by atoms with Gasteiger partial charge in [0.2, 0.25) is 0 Å². The fourth-order valence-corrected chi connectivity index (χ4v) is 3.85. The van der Waals surface area contributed by atoms with Crippen LogP contribution in [0.5, 0.6) is 5.75 Å². The Bertz CT molecular complexity index is 1200. The smallest absolute Gasteiger partial charge is 0.406 e. The molecule has 2 aromatic carbocycles. The molecule has 1 atom stereocenters. The first-order valence-corrected chi connectivity index (χ1v) is 11.3. The maximum atomic E-state index is 12.4. The molecule has 0 saturated heterocycles. The van der Waals surface area contributed by atoms with E-state index in [0.29, 0.717) is 16.7 Å². The minimum atomic E-state index is -4.72. The van der Waals surface area contributed by atoms with Gasteiger partial charge in [-0.15, -0.1) is 13.2 Å². The van der Waals surface area contributed by atoms with Crippen LogP contribution in [-0.2, 0) is 0 Å². The van der Waals surface area contributed by atoms with E-state index in [-0.39, 0.29) is 11.8 Å². The van der Waals surface area contributed by atoms with Gasteiger partial charge in [-0.25, -0.2) is 5.43 Å². The molecule has 0 spiro atoms. The summed E-state index contributed by atoms with van der Waals surface area (Å²) >= 11 is 5.36. The van der Waals surface area contributed by atoms with Crippen LogP contribution < -0.4 is 25.9 Å². The zero-order chi connectivity index (χ0) is 25.0. The Kier molecular flexibility index (Phi) is 7.23. The fourth-order valence-electron chi connectivity index (χ4n) is 3.69. The number of hydrogen-bond acceptors (Lipinski definition) is 5. The number of para-hydroxylation sites is 1. The lowest BCUT2D eigenvalue weighted by Gasteiger charge is -2.20. The highest BCUT2D eigenvalue weighted by molar-refractivity contribution is 7.80. The number of rotatable bonds is 6. The summed E-state index contributed by atoms with van der Waals surface area (Å²) in [7, 11) is 0. The van der Waals surface area contributed by atoms with Crippen molar-refractivity contribution in [3.05, 3.63) is 89.7 Å². The average Bonchev–Trinajstić information content (AvgIpc) is 3.22. The SMILES string of the molecule is CC(C)c1ccccc1NC(=S)N/N=C/C1=CC2NN(c3ccc(OC(F)(F)F)cc3)C=C2C=C1. The molecule has 35 heavy (non-hydrogen) atoms. The molecule has 4 rings (SSSR count). The van der Waals surface area contributed by atoms with E-state index in [9.17, 15) is 13.2 Å². The van der Waals surface area contributed by atoms with Crippen molar-refractivity contribution in [1.82, 2.24) is 10.9 Å². The third kappa shape index (κ3) is 6.49. The molecule has 0 bridgehead atoms.